The highest BCUT2D eigenvalue weighted by molar-refractivity contribution is 7.86. The van der Waals surface area contributed by atoms with Gasteiger partial charge in [0.2, 0.25) is 5.91 Å². The molecule has 0 atom stereocenters. The molecule has 1 saturated heterocycles. The molecule has 30 heavy (non-hydrogen) atoms. The maximum absolute atomic E-state index is 12.8. The summed E-state index contributed by atoms with van der Waals surface area (Å²) in [5, 5.41) is 17.0. The molecule has 0 radical (unpaired) electrons. The first-order chi connectivity index (χ1) is 14.3. The van der Waals surface area contributed by atoms with E-state index >= 15 is 0 Å². The van der Waals surface area contributed by atoms with E-state index in [2.05, 4.69) is 20.1 Å². The zero-order valence-electron chi connectivity index (χ0n) is 17.2. The molecule has 0 saturated carbocycles. The molecule has 4 rings (SSSR count). The van der Waals surface area contributed by atoms with Crippen LogP contribution < -0.4 is 10.5 Å². The van der Waals surface area contributed by atoms with Crippen LogP contribution in [0.5, 0.6) is 0 Å². The smallest absolute Gasteiger partial charge is 0.276 e. The fraction of sp³-hybridized carbons (Fsp3) is 0.550. The van der Waals surface area contributed by atoms with Gasteiger partial charge in [-0.25, -0.2) is 5.14 Å². The lowest BCUT2D eigenvalue weighted by molar-refractivity contribution is -0.120. The third-order valence-corrected chi connectivity index (χ3v) is 7.13. The highest BCUT2D eigenvalue weighted by atomic mass is 32.2. The number of benzene rings is 1. The van der Waals surface area contributed by atoms with Gasteiger partial charge < -0.3 is 9.88 Å². The topological polar surface area (TPSA) is 123 Å². The molecule has 162 valence electrons. The van der Waals surface area contributed by atoms with Gasteiger partial charge in [0.1, 0.15) is 5.82 Å². The molecule has 3 N–H and O–H groups in total. The summed E-state index contributed by atoms with van der Waals surface area (Å²) in [6.45, 7) is 3.40. The first-order valence-corrected chi connectivity index (χ1v) is 11.9. The Labute approximate surface area is 176 Å². The molecule has 3 heterocycles. The van der Waals surface area contributed by atoms with Crippen molar-refractivity contribution in [1.29, 1.82) is 0 Å². The van der Waals surface area contributed by atoms with E-state index in [0.717, 1.165) is 54.3 Å². The average molecular weight is 433 g/mol. The number of fused-ring (bicyclic) bond motifs is 1. The Bertz CT molecular complexity index is 1040. The summed E-state index contributed by atoms with van der Waals surface area (Å²) in [6, 6.07) is 5.94. The van der Waals surface area contributed by atoms with Gasteiger partial charge in [0.05, 0.1) is 0 Å². The SMILES string of the molecule is Cc1ccc(-c2nnc3n2CCCCC3)cc1NC(=O)C1CCN(S(N)(=O)=O)CC1. The minimum Gasteiger partial charge on any atom is -0.326 e. The number of carbonyl (C=O) groups excluding carboxylic acids is 1. The van der Waals surface area contributed by atoms with Crippen LogP contribution in [-0.2, 0) is 28.0 Å². The predicted molar refractivity (Wildman–Crippen MR) is 114 cm³/mol. The highest BCUT2D eigenvalue weighted by Crippen LogP contribution is 2.28. The molecule has 0 spiro atoms. The third kappa shape index (κ3) is 4.40. The number of anilines is 1. The second kappa shape index (κ2) is 8.44. The fourth-order valence-corrected chi connectivity index (χ4v) is 4.92. The predicted octanol–water partition coefficient (Wildman–Crippen LogP) is 1.83. The van der Waals surface area contributed by atoms with Crippen LogP contribution in [0.4, 0.5) is 5.69 Å². The Kier molecular flexibility index (Phi) is 5.90. The Balaban J connectivity index is 1.50. The lowest BCUT2D eigenvalue weighted by Crippen LogP contribution is -2.44. The van der Waals surface area contributed by atoms with Crippen LogP contribution in [0.1, 0.15) is 43.5 Å². The number of nitrogens with two attached hydrogens (primary N) is 1. The molecule has 10 heteroatoms. The molecule has 2 aromatic rings. The number of piperidine rings is 1. The number of aryl methyl sites for hydroxylation is 2. The van der Waals surface area contributed by atoms with E-state index < -0.39 is 10.2 Å². The van der Waals surface area contributed by atoms with E-state index in [4.69, 9.17) is 5.14 Å². The van der Waals surface area contributed by atoms with Crippen LogP contribution in [0, 0.1) is 12.8 Å². The van der Waals surface area contributed by atoms with Gasteiger partial charge in [-0.3, -0.25) is 4.79 Å². The van der Waals surface area contributed by atoms with Crippen LogP contribution in [0.2, 0.25) is 0 Å². The summed E-state index contributed by atoms with van der Waals surface area (Å²) in [6.07, 6.45) is 5.31. The van der Waals surface area contributed by atoms with Crippen molar-refractivity contribution in [2.45, 2.75) is 52.0 Å². The number of carbonyl (C=O) groups is 1. The standard InChI is InChI=1S/C20H28N6O3S/c1-14-6-7-16(19-24-23-18-5-3-2-4-10-26(18)19)13-17(14)22-20(27)15-8-11-25(12-9-15)30(21,28)29/h6-7,13,15H,2-5,8-12H2,1H3,(H,22,27)(H2,21,28,29). The van der Waals surface area contributed by atoms with Crippen LogP contribution in [0.3, 0.4) is 0 Å². The molecule has 0 bridgehead atoms. The van der Waals surface area contributed by atoms with E-state index in [1.165, 1.54) is 10.7 Å². The first kappa shape index (κ1) is 21.0. The highest BCUT2D eigenvalue weighted by Gasteiger charge is 2.29. The normalized spacial score (nSPS) is 18.6. The Hall–Kier alpha value is -2.30. The maximum atomic E-state index is 12.8. The van der Waals surface area contributed by atoms with E-state index in [1.807, 2.05) is 25.1 Å². The van der Waals surface area contributed by atoms with Gasteiger partial charge in [-0.2, -0.15) is 12.7 Å². The van der Waals surface area contributed by atoms with Gasteiger partial charge in [0.25, 0.3) is 10.2 Å². The van der Waals surface area contributed by atoms with Crippen molar-refractivity contribution in [2.75, 3.05) is 18.4 Å². The summed E-state index contributed by atoms with van der Waals surface area (Å²) in [7, 11) is -3.70. The second-order valence-corrected chi connectivity index (χ2v) is 9.69. The van der Waals surface area contributed by atoms with Crippen molar-refractivity contribution < 1.29 is 13.2 Å². The molecule has 1 fully saturated rings. The van der Waals surface area contributed by atoms with Gasteiger partial charge in [-0.1, -0.05) is 18.6 Å². The molecule has 0 aliphatic carbocycles. The number of hydrogen-bond acceptors (Lipinski definition) is 5. The molecule has 1 aromatic carbocycles. The molecule has 2 aliphatic heterocycles. The average Bonchev–Trinajstić information content (AvgIpc) is 2.97. The molecular weight excluding hydrogens is 404 g/mol. The molecule has 1 aromatic heterocycles. The number of hydrogen-bond donors (Lipinski definition) is 2. The fourth-order valence-electron chi connectivity index (χ4n) is 4.20. The van der Waals surface area contributed by atoms with Crippen molar-refractivity contribution >= 4 is 21.8 Å². The van der Waals surface area contributed by atoms with E-state index in [9.17, 15) is 13.2 Å². The third-order valence-electron chi connectivity index (χ3n) is 6.05. The van der Waals surface area contributed by atoms with E-state index in [0.29, 0.717) is 12.8 Å². The molecule has 2 aliphatic rings. The van der Waals surface area contributed by atoms with E-state index in [-0.39, 0.29) is 24.9 Å². The van der Waals surface area contributed by atoms with Gasteiger partial charge >= 0.3 is 0 Å². The minimum atomic E-state index is -3.70. The lowest BCUT2D eigenvalue weighted by Gasteiger charge is -2.29. The van der Waals surface area contributed by atoms with Gasteiger partial charge in [-0.05, 0) is 44.2 Å². The molecule has 1 amide bonds. The summed E-state index contributed by atoms with van der Waals surface area (Å²) in [5.74, 6) is 1.53. The maximum Gasteiger partial charge on any atom is 0.276 e. The number of aromatic nitrogens is 3. The van der Waals surface area contributed by atoms with Crippen LogP contribution in [0.15, 0.2) is 18.2 Å². The summed E-state index contributed by atoms with van der Waals surface area (Å²) < 4.78 is 26.3. The molecule has 9 nitrogen and oxygen atoms in total. The van der Waals surface area contributed by atoms with Gasteiger partial charge in [0.15, 0.2) is 5.82 Å². The van der Waals surface area contributed by atoms with E-state index in [1.54, 1.807) is 0 Å². The van der Waals surface area contributed by atoms with Crippen LogP contribution in [-0.4, -0.2) is 46.5 Å². The number of nitrogens with one attached hydrogen (secondary N) is 1. The van der Waals surface area contributed by atoms with Crippen molar-refractivity contribution in [2.24, 2.45) is 11.1 Å². The van der Waals surface area contributed by atoms with Crippen molar-refractivity contribution in [3.63, 3.8) is 0 Å². The Morgan fingerprint density at radius 2 is 1.90 bits per heavy atom. The summed E-state index contributed by atoms with van der Waals surface area (Å²) >= 11 is 0. The Morgan fingerprint density at radius 3 is 2.63 bits per heavy atom. The van der Waals surface area contributed by atoms with Crippen LogP contribution in [0.25, 0.3) is 11.4 Å². The van der Waals surface area contributed by atoms with Crippen LogP contribution >= 0.6 is 0 Å². The summed E-state index contributed by atoms with van der Waals surface area (Å²) in [5.41, 5.74) is 2.64. The van der Waals surface area contributed by atoms with Crippen molar-refractivity contribution in [3.05, 3.63) is 29.6 Å². The zero-order valence-corrected chi connectivity index (χ0v) is 18.0. The first-order valence-electron chi connectivity index (χ1n) is 10.4. The summed E-state index contributed by atoms with van der Waals surface area (Å²) in [4.78, 5) is 12.8. The largest absolute Gasteiger partial charge is 0.326 e. The quantitative estimate of drug-likeness (QED) is 0.763. The number of amides is 1. The van der Waals surface area contributed by atoms with Gasteiger partial charge in [0, 0.05) is 43.2 Å². The van der Waals surface area contributed by atoms with Crippen molar-refractivity contribution in [1.82, 2.24) is 19.1 Å². The van der Waals surface area contributed by atoms with Crippen molar-refractivity contribution in [3.8, 4) is 11.4 Å². The second-order valence-electron chi connectivity index (χ2n) is 8.14. The molecular formula is C20H28N6O3S. The lowest BCUT2D eigenvalue weighted by atomic mass is 9.97. The number of nitrogens with zero attached hydrogens (tertiary/aromatic N) is 4. The number of rotatable bonds is 4. The zero-order chi connectivity index (χ0) is 21.3. The monoisotopic (exact) mass is 432 g/mol. The molecule has 0 unspecified atom stereocenters. The van der Waals surface area contributed by atoms with Gasteiger partial charge in [-0.15, -0.1) is 10.2 Å². The Morgan fingerprint density at radius 1 is 1.13 bits per heavy atom. The minimum absolute atomic E-state index is 0.0932.